The van der Waals surface area contributed by atoms with E-state index in [-0.39, 0.29) is 37.1 Å². The van der Waals surface area contributed by atoms with Crippen molar-refractivity contribution < 1.29 is 14.4 Å². The Labute approximate surface area is 105 Å². The summed E-state index contributed by atoms with van der Waals surface area (Å²) in [6.07, 6.45) is 0.265. The lowest BCUT2D eigenvalue weighted by Crippen LogP contribution is -2.52. The normalized spacial score (nSPS) is 15.5. The van der Waals surface area contributed by atoms with Gasteiger partial charge in [0, 0.05) is 12.1 Å². The van der Waals surface area contributed by atoms with Crippen molar-refractivity contribution in [1.82, 2.24) is 5.32 Å². The zero-order valence-corrected chi connectivity index (χ0v) is 10.1. The molecule has 0 aromatic heterocycles. The van der Waals surface area contributed by atoms with Gasteiger partial charge in [0.2, 0.25) is 11.8 Å². The molecule has 0 saturated carbocycles. The van der Waals surface area contributed by atoms with Gasteiger partial charge >= 0.3 is 0 Å². The molecule has 2 amide bonds. The van der Waals surface area contributed by atoms with Gasteiger partial charge in [-0.15, -0.1) is 0 Å². The van der Waals surface area contributed by atoms with Gasteiger partial charge in [-0.3, -0.25) is 14.4 Å². The molecule has 0 aliphatic carbocycles. The van der Waals surface area contributed by atoms with E-state index in [4.69, 9.17) is 0 Å². The average Bonchev–Trinajstić information content (AvgIpc) is 2.32. The van der Waals surface area contributed by atoms with Crippen LogP contribution in [0.25, 0.3) is 0 Å². The summed E-state index contributed by atoms with van der Waals surface area (Å²) in [4.78, 5) is 35.8. The highest BCUT2D eigenvalue weighted by atomic mass is 16.2. The molecule has 1 N–H and O–H groups in total. The van der Waals surface area contributed by atoms with Crippen molar-refractivity contribution in [2.24, 2.45) is 0 Å². The first-order valence-electron chi connectivity index (χ1n) is 5.72. The molecule has 5 heteroatoms. The van der Waals surface area contributed by atoms with Crippen LogP contribution in [0.4, 0.5) is 5.69 Å². The second kappa shape index (κ2) is 5.00. The molecule has 18 heavy (non-hydrogen) atoms. The first-order valence-corrected chi connectivity index (χ1v) is 5.72. The molecule has 5 nitrogen and oxygen atoms in total. The Kier molecular flexibility index (Phi) is 3.41. The Bertz CT molecular complexity index is 511. The molecule has 1 aromatic rings. The number of carbonyl (C=O) groups excluding carboxylic acids is 3. The Morgan fingerprint density at radius 1 is 1.33 bits per heavy atom. The second-order valence-corrected chi connectivity index (χ2v) is 4.26. The van der Waals surface area contributed by atoms with Gasteiger partial charge in [-0.05, 0) is 18.6 Å². The number of hydrogen-bond donors (Lipinski definition) is 1. The standard InChI is InChI=1S/C13H14N2O3/c1-9(16)6-10-4-2-3-5-11(10)15-8-12(17)14-7-13(15)18/h2-5H,6-8H2,1H3,(H,14,17). The van der Waals surface area contributed by atoms with Gasteiger partial charge in [0.25, 0.3) is 0 Å². The number of nitrogens with one attached hydrogen (secondary N) is 1. The van der Waals surface area contributed by atoms with E-state index in [1.54, 1.807) is 18.2 Å². The maximum atomic E-state index is 11.8. The van der Waals surface area contributed by atoms with E-state index in [0.717, 1.165) is 5.56 Å². The molecule has 94 valence electrons. The number of para-hydroxylation sites is 1. The van der Waals surface area contributed by atoms with E-state index in [9.17, 15) is 14.4 Å². The molecular weight excluding hydrogens is 232 g/mol. The molecule has 0 bridgehead atoms. The predicted molar refractivity (Wildman–Crippen MR) is 66.2 cm³/mol. The highest BCUT2D eigenvalue weighted by Gasteiger charge is 2.25. The zero-order chi connectivity index (χ0) is 13.1. The third-order valence-electron chi connectivity index (χ3n) is 2.76. The van der Waals surface area contributed by atoms with Gasteiger partial charge in [0.15, 0.2) is 0 Å². The summed E-state index contributed by atoms with van der Waals surface area (Å²) in [5, 5.41) is 2.49. The first-order chi connectivity index (χ1) is 8.58. The predicted octanol–water partition coefficient (Wildman–Crippen LogP) is 0.281. The molecular formula is C13H14N2O3. The third kappa shape index (κ3) is 2.56. The SMILES string of the molecule is CC(=O)Cc1ccccc1N1CC(=O)NCC1=O. The Morgan fingerprint density at radius 2 is 2.06 bits per heavy atom. The van der Waals surface area contributed by atoms with Crippen LogP contribution < -0.4 is 10.2 Å². The molecule has 2 rings (SSSR count). The number of piperazine rings is 1. The van der Waals surface area contributed by atoms with E-state index in [1.807, 2.05) is 6.07 Å². The van der Waals surface area contributed by atoms with E-state index in [1.165, 1.54) is 11.8 Å². The van der Waals surface area contributed by atoms with Crippen molar-refractivity contribution in [2.45, 2.75) is 13.3 Å². The van der Waals surface area contributed by atoms with Gasteiger partial charge in [-0.1, -0.05) is 18.2 Å². The van der Waals surface area contributed by atoms with Gasteiger partial charge in [-0.25, -0.2) is 0 Å². The monoisotopic (exact) mass is 246 g/mol. The van der Waals surface area contributed by atoms with Crippen LogP contribution in [0.1, 0.15) is 12.5 Å². The van der Waals surface area contributed by atoms with E-state index in [2.05, 4.69) is 5.32 Å². The number of benzene rings is 1. The summed E-state index contributed by atoms with van der Waals surface area (Å²) < 4.78 is 0. The van der Waals surface area contributed by atoms with Crippen molar-refractivity contribution in [3.63, 3.8) is 0 Å². The van der Waals surface area contributed by atoms with Crippen LogP contribution in [-0.2, 0) is 20.8 Å². The van der Waals surface area contributed by atoms with Crippen molar-refractivity contribution in [1.29, 1.82) is 0 Å². The molecule has 1 aliphatic heterocycles. The lowest BCUT2D eigenvalue weighted by molar-refractivity contribution is -0.128. The third-order valence-corrected chi connectivity index (χ3v) is 2.76. The summed E-state index contributed by atoms with van der Waals surface area (Å²) in [7, 11) is 0. The lowest BCUT2D eigenvalue weighted by Gasteiger charge is -2.28. The van der Waals surface area contributed by atoms with Crippen molar-refractivity contribution in [3.05, 3.63) is 29.8 Å². The summed E-state index contributed by atoms with van der Waals surface area (Å²) in [6, 6.07) is 7.17. The summed E-state index contributed by atoms with van der Waals surface area (Å²) in [6.45, 7) is 1.52. The van der Waals surface area contributed by atoms with E-state index < -0.39 is 0 Å². The van der Waals surface area contributed by atoms with Gasteiger partial charge in [0.1, 0.15) is 12.3 Å². The number of rotatable bonds is 3. The summed E-state index contributed by atoms with van der Waals surface area (Å²) in [5.74, 6) is -0.325. The number of amides is 2. The summed E-state index contributed by atoms with van der Waals surface area (Å²) in [5.41, 5.74) is 1.42. The maximum Gasteiger partial charge on any atom is 0.246 e. The molecule has 1 saturated heterocycles. The van der Waals surface area contributed by atoms with Gasteiger partial charge in [-0.2, -0.15) is 0 Å². The Morgan fingerprint density at radius 3 is 2.78 bits per heavy atom. The minimum atomic E-state index is -0.188. The molecule has 0 atom stereocenters. The number of Topliss-reactive ketones (excluding diaryl/α,β-unsaturated/α-hetero) is 1. The number of nitrogens with zero attached hydrogens (tertiary/aromatic N) is 1. The summed E-state index contributed by atoms with van der Waals surface area (Å²) >= 11 is 0. The van der Waals surface area contributed by atoms with Crippen molar-refractivity contribution in [3.8, 4) is 0 Å². The quantitative estimate of drug-likeness (QED) is 0.833. The van der Waals surface area contributed by atoms with Crippen LogP contribution in [0.2, 0.25) is 0 Å². The number of anilines is 1. The minimum absolute atomic E-state index is 0.00718. The number of hydrogen-bond acceptors (Lipinski definition) is 3. The zero-order valence-electron chi connectivity index (χ0n) is 10.1. The molecule has 0 unspecified atom stereocenters. The number of carbonyl (C=O) groups is 3. The molecule has 0 spiro atoms. The largest absolute Gasteiger partial charge is 0.345 e. The van der Waals surface area contributed by atoms with Crippen LogP contribution in [0.15, 0.2) is 24.3 Å². The first kappa shape index (κ1) is 12.3. The second-order valence-electron chi connectivity index (χ2n) is 4.26. The Hall–Kier alpha value is -2.17. The van der Waals surface area contributed by atoms with E-state index in [0.29, 0.717) is 5.69 Å². The van der Waals surface area contributed by atoms with Crippen LogP contribution >= 0.6 is 0 Å². The maximum absolute atomic E-state index is 11.8. The van der Waals surface area contributed by atoms with Crippen LogP contribution in [0, 0.1) is 0 Å². The highest BCUT2D eigenvalue weighted by molar-refractivity contribution is 6.05. The van der Waals surface area contributed by atoms with Crippen LogP contribution in [-0.4, -0.2) is 30.7 Å². The molecule has 0 radical (unpaired) electrons. The van der Waals surface area contributed by atoms with E-state index >= 15 is 0 Å². The minimum Gasteiger partial charge on any atom is -0.345 e. The highest BCUT2D eigenvalue weighted by Crippen LogP contribution is 2.22. The smallest absolute Gasteiger partial charge is 0.246 e. The Balaban J connectivity index is 2.34. The number of ketones is 1. The van der Waals surface area contributed by atoms with Gasteiger partial charge < -0.3 is 10.2 Å². The molecule has 1 aromatic carbocycles. The fourth-order valence-corrected chi connectivity index (χ4v) is 1.97. The molecule has 1 aliphatic rings. The van der Waals surface area contributed by atoms with Crippen molar-refractivity contribution in [2.75, 3.05) is 18.0 Å². The lowest BCUT2D eigenvalue weighted by atomic mass is 10.1. The molecule has 1 heterocycles. The van der Waals surface area contributed by atoms with Crippen LogP contribution in [0.5, 0.6) is 0 Å². The topological polar surface area (TPSA) is 66.5 Å². The van der Waals surface area contributed by atoms with Crippen LogP contribution in [0.3, 0.4) is 0 Å². The fraction of sp³-hybridized carbons (Fsp3) is 0.308. The fourth-order valence-electron chi connectivity index (χ4n) is 1.97. The van der Waals surface area contributed by atoms with Gasteiger partial charge in [0.05, 0.1) is 6.54 Å². The molecule has 1 fully saturated rings. The average molecular weight is 246 g/mol. The van der Waals surface area contributed by atoms with Crippen molar-refractivity contribution >= 4 is 23.3 Å².